The molecule has 1 unspecified atom stereocenters. The van der Waals surface area contributed by atoms with Gasteiger partial charge in [0.2, 0.25) is 5.91 Å². The van der Waals surface area contributed by atoms with E-state index < -0.39 is 5.60 Å². The Balaban J connectivity index is 1.43. The van der Waals surface area contributed by atoms with Crippen LogP contribution in [0.5, 0.6) is 0 Å². The summed E-state index contributed by atoms with van der Waals surface area (Å²) in [6, 6.07) is 0.142. The molecule has 0 radical (unpaired) electrons. The predicted molar refractivity (Wildman–Crippen MR) is 130 cm³/mol. The number of ether oxygens (including phenoxy) is 3. The topological polar surface area (TPSA) is 68.3 Å². The number of carbonyl (C=O) groups is 2. The second-order valence-corrected chi connectivity index (χ2v) is 12.6. The number of piperazine rings is 1. The fraction of sp³-hybridized carbons (Fsp3) is 0.926. The molecule has 2 bridgehead atoms. The van der Waals surface area contributed by atoms with Gasteiger partial charge in [0.15, 0.2) is 0 Å². The Hall–Kier alpha value is -1.34. The molecule has 7 atom stereocenters. The number of amides is 2. The molecule has 7 nitrogen and oxygen atoms in total. The average Bonchev–Trinajstić information content (AvgIpc) is 3.44. The Morgan fingerprint density at radius 3 is 2.38 bits per heavy atom. The van der Waals surface area contributed by atoms with Gasteiger partial charge in [-0.25, -0.2) is 4.79 Å². The van der Waals surface area contributed by atoms with Gasteiger partial charge in [0, 0.05) is 32.7 Å². The minimum absolute atomic E-state index is 0.0508. The van der Waals surface area contributed by atoms with E-state index in [1.54, 1.807) is 7.11 Å². The third kappa shape index (κ3) is 4.71. The van der Waals surface area contributed by atoms with Crippen LogP contribution in [-0.2, 0) is 19.0 Å². The fourth-order valence-electron chi connectivity index (χ4n) is 7.14. The smallest absolute Gasteiger partial charge is 0.410 e. The maximum absolute atomic E-state index is 14.2. The molecule has 194 valence electrons. The van der Waals surface area contributed by atoms with Crippen LogP contribution in [0.25, 0.3) is 0 Å². The van der Waals surface area contributed by atoms with E-state index in [0.29, 0.717) is 43.4 Å². The van der Waals surface area contributed by atoms with Crippen molar-refractivity contribution in [1.29, 1.82) is 0 Å². The lowest BCUT2D eigenvalue weighted by Crippen LogP contribution is -2.55. The van der Waals surface area contributed by atoms with E-state index in [0.717, 1.165) is 38.7 Å². The zero-order chi connectivity index (χ0) is 24.8. The van der Waals surface area contributed by atoms with Gasteiger partial charge in [-0.3, -0.25) is 4.79 Å². The van der Waals surface area contributed by atoms with E-state index in [4.69, 9.17) is 14.2 Å². The SMILES string of the molecule is CO[C@@H]1COCC[C@@H]1C[C@@H]1CC[C@@](C(=O)N2C[C@@H]3C(C)[C@H]2CN3C(=O)OC(C)(C)C)(C(C)C)C1. The Morgan fingerprint density at radius 2 is 1.79 bits per heavy atom. The first-order chi connectivity index (χ1) is 16.0. The Morgan fingerprint density at radius 1 is 1.12 bits per heavy atom. The fourth-order valence-corrected chi connectivity index (χ4v) is 7.14. The molecule has 4 fully saturated rings. The molecule has 0 aromatic carbocycles. The van der Waals surface area contributed by atoms with Crippen LogP contribution in [-0.4, -0.2) is 79.0 Å². The highest BCUT2D eigenvalue weighted by molar-refractivity contribution is 5.85. The summed E-state index contributed by atoms with van der Waals surface area (Å²) in [5, 5.41) is 0. The molecule has 2 amide bonds. The lowest BCUT2D eigenvalue weighted by Gasteiger charge is -2.41. The van der Waals surface area contributed by atoms with Crippen molar-refractivity contribution >= 4 is 12.0 Å². The lowest BCUT2D eigenvalue weighted by atomic mass is 9.73. The zero-order valence-electron chi connectivity index (χ0n) is 22.3. The number of rotatable bonds is 5. The summed E-state index contributed by atoms with van der Waals surface area (Å²) >= 11 is 0. The standard InChI is InChI=1S/C27H46N2O5/c1-17(2)27(10-8-19(13-27)12-20-9-11-33-16-23(20)32-7)24(30)28-14-22-18(3)21(28)15-29(22)25(31)34-26(4,5)6/h17-23H,8-16H2,1-7H3/t18?,19-,20+,21+,22+,23+,27-/m0/s1. The quantitative estimate of drug-likeness (QED) is 0.588. The van der Waals surface area contributed by atoms with Crippen molar-refractivity contribution in [3.05, 3.63) is 0 Å². The molecule has 3 saturated heterocycles. The van der Waals surface area contributed by atoms with Gasteiger partial charge in [-0.2, -0.15) is 0 Å². The molecule has 1 aliphatic carbocycles. The molecule has 7 heteroatoms. The van der Waals surface area contributed by atoms with E-state index in [9.17, 15) is 9.59 Å². The van der Waals surface area contributed by atoms with Gasteiger partial charge in [-0.1, -0.05) is 20.8 Å². The van der Waals surface area contributed by atoms with Crippen molar-refractivity contribution in [3.8, 4) is 0 Å². The van der Waals surface area contributed by atoms with Gasteiger partial charge in [-0.05, 0) is 70.6 Å². The predicted octanol–water partition coefficient (Wildman–Crippen LogP) is 4.34. The lowest BCUT2D eigenvalue weighted by molar-refractivity contribution is -0.147. The molecular weight excluding hydrogens is 432 g/mol. The largest absolute Gasteiger partial charge is 0.444 e. The van der Waals surface area contributed by atoms with Crippen molar-refractivity contribution < 1.29 is 23.8 Å². The van der Waals surface area contributed by atoms with Crippen LogP contribution in [0.4, 0.5) is 4.79 Å². The van der Waals surface area contributed by atoms with Gasteiger partial charge in [0.1, 0.15) is 5.60 Å². The third-order valence-electron chi connectivity index (χ3n) is 9.23. The summed E-state index contributed by atoms with van der Waals surface area (Å²) in [5.41, 5.74) is -0.802. The highest BCUT2D eigenvalue weighted by Gasteiger charge is 2.58. The molecular formula is C27H46N2O5. The molecule has 0 aromatic rings. The molecule has 0 spiro atoms. The van der Waals surface area contributed by atoms with Crippen molar-refractivity contribution in [2.24, 2.45) is 29.1 Å². The van der Waals surface area contributed by atoms with E-state index >= 15 is 0 Å². The summed E-state index contributed by atoms with van der Waals surface area (Å²) in [7, 11) is 1.78. The number of hydrogen-bond donors (Lipinski definition) is 0. The number of nitrogens with zero attached hydrogens (tertiary/aromatic N) is 2. The van der Waals surface area contributed by atoms with E-state index in [1.807, 2.05) is 25.7 Å². The van der Waals surface area contributed by atoms with E-state index in [2.05, 4.69) is 25.7 Å². The maximum Gasteiger partial charge on any atom is 0.410 e. The minimum atomic E-state index is -0.509. The minimum Gasteiger partial charge on any atom is -0.444 e. The number of hydrogen-bond acceptors (Lipinski definition) is 5. The summed E-state index contributed by atoms with van der Waals surface area (Å²) in [6.07, 6.45) is 5.14. The number of methoxy groups -OCH3 is 1. The Bertz CT molecular complexity index is 765. The maximum atomic E-state index is 14.2. The molecule has 0 aromatic heterocycles. The van der Waals surface area contributed by atoms with Crippen molar-refractivity contribution in [1.82, 2.24) is 9.80 Å². The van der Waals surface area contributed by atoms with Crippen molar-refractivity contribution in [3.63, 3.8) is 0 Å². The number of likely N-dealkylation sites (tertiary alicyclic amines) is 2. The molecule has 4 aliphatic rings. The first-order valence-electron chi connectivity index (χ1n) is 13.4. The van der Waals surface area contributed by atoms with Gasteiger partial charge in [-0.15, -0.1) is 0 Å². The van der Waals surface area contributed by atoms with Gasteiger partial charge in [0.25, 0.3) is 0 Å². The van der Waals surface area contributed by atoms with Gasteiger partial charge < -0.3 is 24.0 Å². The van der Waals surface area contributed by atoms with E-state index in [-0.39, 0.29) is 35.6 Å². The second-order valence-electron chi connectivity index (χ2n) is 12.6. The van der Waals surface area contributed by atoms with Crippen molar-refractivity contribution in [2.75, 3.05) is 33.4 Å². The summed E-state index contributed by atoms with van der Waals surface area (Å²) in [6.45, 7) is 15.0. The van der Waals surface area contributed by atoms with Crippen molar-refractivity contribution in [2.45, 2.75) is 97.4 Å². The van der Waals surface area contributed by atoms with Crippen LogP contribution in [0.2, 0.25) is 0 Å². The molecule has 34 heavy (non-hydrogen) atoms. The summed E-state index contributed by atoms with van der Waals surface area (Å²) in [4.78, 5) is 30.9. The van der Waals surface area contributed by atoms with Crippen LogP contribution < -0.4 is 0 Å². The van der Waals surface area contributed by atoms with Crippen LogP contribution in [0, 0.1) is 29.1 Å². The molecule has 0 N–H and O–H groups in total. The summed E-state index contributed by atoms with van der Waals surface area (Å²) in [5.74, 6) is 1.98. The molecule has 1 saturated carbocycles. The summed E-state index contributed by atoms with van der Waals surface area (Å²) < 4.78 is 17.0. The highest BCUT2D eigenvalue weighted by atomic mass is 16.6. The van der Waals surface area contributed by atoms with Crippen LogP contribution in [0.3, 0.4) is 0 Å². The average molecular weight is 479 g/mol. The molecule has 4 rings (SSSR count). The highest BCUT2D eigenvalue weighted by Crippen LogP contribution is 2.52. The Kier molecular flexibility index (Phi) is 7.27. The molecule has 3 heterocycles. The first-order valence-corrected chi connectivity index (χ1v) is 13.4. The molecule has 3 aliphatic heterocycles. The van der Waals surface area contributed by atoms with Gasteiger partial charge in [0.05, 0.1) is 30.2 Å². The van der Waals surface area contributed by atoms with Crippen LogP contribution >= 0.6 is 0 Å². The van der Waals surface area contributed by atoms with Gasteiger partial charge >= 0.3 is 6.09 Å². The van der Waals surface area contributed by atoms with Crippen LogP contribution in [0.15, 0.2) is 0 Å². The van der Waals surface area contributed by atoms with E-state index in [1.165, 1.54) is 0 Å². The zero-order valence-corrected chi connectivity index (χ0v) is 22.3. The second kappa shape index (κ2) is 9.61. The Labute approximate surface area is 205 Å². The number of fused-ring (bicyclic) bond motifs is 2. The normalized spacial score (nSPS) is 38.1. The first kappa shape index (κ1) is 25.7. The van der Waals surface area contributed by atoms with Crippen LogP contribution in [0.1, 0.15) is 73.6 Å². The monoisotopic (exact) mass is 478 g/mol. The number of carbonyl (C=O) groups excluding carboxylic acids is 2. The third-order valence-corrected chi connectivity index (χ3v) is 9.23.